The molecular formula is C15H8FN3O4. The molecule has 3 heterocycles. The fourth-order valence-electron chi connectivity index (χ4n) is 2.37. The van der Waals surface area contributed by atoms with Gasteiger partial charge in [0, 0.05) is 0 Å². The zero-order valence-electron chi connectivity index (χ0n) is 11.5. The van der Waals surface area contributed by atoms with E-state index in [-0.39, 0.29) is 29.4 Å². The highest BCUT2D eigenvalue weighted by atomic mass is 19.1. The summed E-state index contributed by atoms with van der Waals surface area (Å²) in [5, 5.41) is 3.72. The maximum Gasteiger partial charge on any atom is 0.262 e. The number of furan rings is 1. The Morgan fingerprint density at radius 2 is 1.96 bits per heavy atom. The average molecular weight is 313 g/mol. The lowest BCUT2D eigenvalue weighted by Gasteiger charge is -2.09. The van der Waals surface area contributed by atoms with Gasteiger partial charge in [0.25, 0.3) is 11.8 Å². The van der Waals surface area contributed by atoms with Gasteiger partial charge in [0.05, 0.1) is 17.4 Å². The molecule has 8 heteroatoms. The highest BCUT2D eigenvalue weighted by Crippen LogP contribution is 2.25. The fraction of sp³-hybridized carbons (Fsp3) is 0.0667. The van der Waals surface area contributed by atoms with Gasteiger partial charge in [0.1, 0.15) is 12.4 Å². The second-order valence-electron chi connectivity index (χ2n) is 4.88. The molecule has 0 saturated heterocycles. The van der Waals surface area contributed by atoms with Crippen molar-refractivity contribution >= 4 is 11.8 Å². The number of benzene rings is 1. The molecule has 114 valence electrons. The third-order valence-electron chi connectivity index (χ3n) is 3.44. The normalized spacial score (nSPS) is 13.7. The minimum absolute atomic E-state index is 0.0285. The fourth-order valence-corrected chi connectivity index (χ4v) is 2.37. The van der Waals surface area contributed by atoms with Crippen molar-refractivity contribution in [1.29, 1.82) is 0 Å². The van der Waals surface area contributed by atoms with E-state index in [1.165, 1.54) is 12.3 Å². The van der Waals surface area contributed by atoms with Gasteiger partial charge in [-0.25, -0.2) is 4.39 Å². The predicted molar refractivity (Wildman–Crippen MR) is 72.6 cm³/mol. The smallest absolute Gasteiger partial charge is 0.262 e. The van der Waals surface area contributed by atoms with E-state index in [2.05, 4.69) is 10.1 Å². The second kappa shape index (κ2) is 4.87. The molecular weight excluding hydrogens is 305 g/mol. The van der Waals surface area contributed by atoms with Gasteiger partial charge in [-0.15, -0.1) is 0 Å². The van der Waals surface area contributed by atoms with Crippen LogP contribution in [0.2, 0.25) is 0 Å². The zero-order chi connectivity index (χ0) is 16.0. The highest BCUT2D eigenvalue weighted by molar-refractivity contribution is 6.21. The van der Waals surface area contributed by atoms with Crippen molar-refractivity contribution in [3.05, 3.63) is 59.4 Å². The molecule has 0 N–H and O–H groups in total. The van der Waals surface area contributed by atoms with Crippen LogP contribution in [-0.4, -0.2) is 26.9 Å². The van der Waals surface area contributed by atoms with E-state index in [0.29, 0.717) is 5.76 Å². The molecule has 3 aromatic rings. The molecule has 2 aromatic heterocycles. The Morgan fingerprint density at radius 1 is 1.13 bits per heavy atom. The number of rotatable bonds is 3. The molecule has 1 aliphatic heterocycles. The van der Waals surface area contributed by atoms with Gasteiger partial charge < -0.3 is 8.94 Å². The SMILES string of the molecule is O=C1c2ccc(F)cc2C(=O)N1Cc1nc(-c2ccco2)no1. The Hall–Kier alpha value is -3.29. The Kier molecular flexibility index (Phi) is 2.83. The molecule has 0 unspecified atom stereocenters. The summed E-state index contributed by atoms with van der Waals surface area (Å²) in [4.78, 5) is 29.5. The van der Waals surface area contributed by atoms with Crippen LogP contribution in [0.4, 0.5) is 4.39 Å². The van der Waals surface area contributed by atoms with Crippen molar-refractivity contribution in [2.24, 2.45) is 0 Å². The number of carbonyl (C=O) groups excluding carboxylic acids is 2. The topological polar surface area (TPSA) is 89.4 Å². The van der Waals surface area contributed by atoms with E-state index in [1.54, 1.807) is 12.1 Å². The first-order chi connectivity index (χ1) is 11.1. The quantitative estimate of drug-likeness (QED) is 0.689. The molecule has 1 aliphatic rings. The van der Waals surface area contributed by atoms with Crippen LogP contribution in [-0.2, 0) is 6.54 Å². The summed E-state index contributed by atoms with van der Waals surface area (Å²) in [6.45, 7) is -0.193. The number of fused-ring (bicyclic) bond motifs is 1. The van der Waals surface area contributed by atoms with Gasteiger partial charge >= 0.3 is 0 Å². The number of amides is 2. The Balaban J connectivity index is 1.61. The molecule has 0 bridgehead atoms. The molecule has 2 amide bonds. The second-order valence-corrected chi connectivity index (χ2v) is 4.88. The van der Waals surface area contributed by atoms with Crippen LogP contribution in [0, 0.1) is 5.82 Å². The summed E-state index contributed by atoms with van der Waals surface area (Å²) in [5.74, 6) is -1.00. The molecule has 0 radical (unpaired) electrons. The molecule has 23 heavy (non-hydrogen) atoms. The molecule has 0 spiro atoms. The molecule has 7 nitrogen and oxygen atoms in total. The molecule has 1 aromatic carbocycles. The summed E-state index contributed by atoms with van der Waals surface area (Å²) < 4.78 is 23.4. The summed E-state index contributed by atoms with van der Waals surface area (Å²) in [7, 11) is 0. The first-order valence-corrected chi connectivity index (χ1v) is 6.65. The first-order valence-electron chi connectivity index (χ1n) is 6.65. The van der Waals surface area contributed by atoms with E-state index >= 15 is 0 Å². The van der Waals surface area contributed by atoms with Gasteiger partial charge in [-0.05, 0) is 30.3 Å². The summed E-state index contributed by atoms with van der Waals surface area (Å²) in [6, 6.07) is 6.78. The Morgan fingerprint density at radius 3 is 2.74 bits per heavy atom. The van der Waals surface area contributed by atoms with Crippen LogP contribution < -0.4 is 0 Å². The first kappa shape index (κ1) is 13.4. The van der Waals surface area contributed by atoms with Crippen molar-refractivity contribution in [3.63, 3.8) is 0 Å². The summed E-state index contributed by atoms with van der Waals surface area (Å²) in [5.41, 5.74) is 0.183. The molecule has 4 rings (SSSR count). The standard InChI is InChI=1S/C15H8FN3O4/c16-8-3-4-9-10(6-8)15(21)19(14(9)20)7-12-17-13(18-23-12)11-2-1-5-22-11/h1-6H,7H2. The van der Waals surface area contributed by atoms with Gasteiger partial charge in [0.2, 0.25) is 11.7 Å². The highest BCUT2D eigenvalue weighted by Gasteiger charge is 2.36. The van der Waals surface area contributed by atoms with Crippen molar-refractivity contribution in [1.82, 2.24) is 15.0 Å². The van der Waals surface area contributed by atoms with Gasteiger partial charge in [0.15, 0.2) is 5.76 Å². The predicted octanol–water partition coefficient (Wildman–Crippen LogP) is 2.26. The lowest BCUT2D eigenvalue weighted by molar-refractivity contribution is 0.0625. The summed E-state index contributed by atoms with van der Waals surface area (Å²) in [6.07, 6.45) is 1.46. The Labute approximate surface area is 128 Å². The third-order valence-corrected chi connectivity index (χ3v) is 3.44. The molecule has 0 aliphatic carbocycles. The minimum Gasteiger partial charge on any atom is -0.461 e. The molecule has 0 saturated carbocycles. The van der Waals surface area contributed by atoms with Crippen LogP contribution in [0.25, 0.3) is 11.6 Å². The van der Waals surface area contributed by atoms with Crippen molar-refractivity contribution < 1.29 is 22.9 Å². The number of hydrogen-bond acceptors (Lipinski definition) is 6. The van der Waals surface area contributed by atoms with E-state index in [9.17, 15) is 14.0 Å². The zero-order valence-corrected chi connectivity index (χ0v) is 11.5. The van der Waals surface area contributed by atoms with Crippen molar-refractivity contribution in [2.75, 3.05) is 0 Å². The van der Waals surface area contributed by atoms with Crippen LogP contribution in [0.1, 0.15) is 26.6 Å². The maximum absolute atomic E-state index is 13.2. The largest absolute Gasteiger partial charge is 0.461 e. The van der Waals surface area contributed by atoms with Gasteiger partial charge in [-0.2, -0.15) is 4.98 Å². The van der Waals surface area contributed by atoms with Crippen LogP contribution in [0.5, 0.6) is 0 Å². The van der Waals surface area contributed by atoms with Crippen LogP contribution >= 0.6 is 0 Å². The minimum atomic E-state index is -0.595. The van der Waals surface area contributed by atoms with Crippen LogP contribution in [0.15, 0.2) is 45.5 Å². The number of carbonyl (C=O) groups is 2. The number of imide groups is 1. The lowest BCUT2D eigenvalue weighted by Crippen LogP contribution is -2.29. The molecule has 0 atom stereocenters. The van der Waals surface area contributed by atoms with E-state index in [1.807, 2.05) is 0 Å². The van der Waals surface area contributed by atoms with E-state index < -0.39 is 17.6 Å². The number of halogens is 1. The molecule has 0 fully saturated rings. The number of nitrogens with zero attached hydrogens (tertiary/aromatic N) is 3. The lowest BCUT2D eigenvalue weighted by atomic mass is 10.1. The number of hydrogen-bond donors (Lipinski definition) is 0. The average Bonchev–Trinajstić information content (AvgIpc) is 3.25. The third kappa shape index (κ3) is 2.11. The monoisotopic (exact) mass is 313 g/mol. The van der Waals surface area contributed by atoms with Gasteiger partial charge in [-0.3, -0.25) is 14.5 Å². The van der Waals surface area contributed by atoms with Crippen molar-refractivity contribution in [2.45, 2.75) is 6.54 Å². The Bertz CT molecular complexity index is 917. The maximum atomic E-state index is 13.2. The van der Waals surface area contributed by atoms with Gasteiger partial charge in [-0.1, -0.05) is 5.16 Å². The van der Waals surface area contributed by atoms with Crippen LogP contribution in [0.3, 0.4) is 0 Å². The van der Waals surface area contributed by atoms with E-state index in [4.69, 9.17) is 8.94 Å². The summed E-state index contributed by atoms with van der Waals surface area (Å²) >= 11 is 0. The van der Waals surface area contributed by atoms with Crippen molar-refractivity contribution in [3.8, 4) is 11.6 Å². The van der Waals surface area contributed by atoms with E-state index in [0.717, 1.165) is 17.0 Å². The number of aromatic nitrogens is 2.